The van der Waals surface area contributed by atoms with Crippen molar-refractivity contribution in [2.24, 2.45) is 33.8 Å². The number of hydrogen-bond donors (Lipinski definition) is 12. The average Bonchev–Trinajstić information content (AvgIpc) is 3.19. The van der Waals surface area contributed by atoms with Crippen molar-refractivity contribution in [2.45, 2.75) is 121 Å². The van der Waals surface area contributed by atoms with Gasteiger partial charge in [-0.05, 0) is 75.9 Å². The Morgan fingerprint density at radius 2 is 1.10 bits per heavy atom. The Morgan fingerprint density at radius 1 is 0.650 bits per heavy atom. The molecule has 0 aromatic carbocycles. The Hall–Kier alpha value is -4.68. The molecular weight excluding hydrogens is 825 g/mol. The molecule has 9 atom stereocenters. The van der Waals surface area contributed by atoms with Crippen LogP contribution in [0.25, 0.3) is 0 Å². The topological polar surface area (TPSA) is 375 Å². The van der Waals surface area contributed by atoms with Gasteiger partial charge < -0.3 is 70.1 Å². The second kappa shape index (κ2) is 30.4. The summed E-state index contributed by atoms with van der Waals surface area (Å²) in [6.45, 7) is 5.95. The van der Waals surface area contributed by atoms with E-state index in [2.05, 4.69) is 42.2 Å². The predicted octanol–water partition coefficient (Wildman–Crippen LogP) is -4.19. The third-order valence-corrected chi connectivity index (χ3v) is 10.3. The number of aliphatic hydroxyl groups is 1. The van der Waals surface area contributed by atoms with Gasteiger partial charge in [0.2, 0.25) is 47.3 Å². The van der Waals surface area contributed by atoms with Crippen LogP contribution in [0.5, 0.6) is 0 Å². The largest absolute Gasteiger partial charge is 0.391 e. The molecule has 0 aliphatic rings. The van der Waals surface area contributed by atoms with Crippen LogP contribution in [0.2, 0.25) is 0 Å². The first-order chi connectivity index (χ1) is 28.2. The van der Waals surface area contributed by atoms with Crippen molar-refractivity contribution in [1.29, 1.82) is 0 Å². The van der Waals surface area contributed by atoms with Crippen LogP contribution in [0.4, 0.5) is 0 Å². The molecule has 342 valence electrons. The summed E-state index contributed by atoms with van der Waals surface area (Å²) < 4.78 is 0. The Kier molecular flexibility index (Phi) is 28.0. The summed E-state index contributed by atoms with van der Waals surface area (Å²) in [6.07, 6.45) is 2.94. The van der Waals surface area contributed by atoms with Crippen molar-refractivity contribution in [3.05, 3.63) is 0 Å². The molecule has 0 saturated heterocycles. The highest BCUT2D eigenvalue weighted by Gasteiger charge is 2.36. The number of carbonyl (C=O) groups is 9. The maximum atomic E-state index is 13.9. The molecule has 0 heterocycles. The van der Waals surface area contributed by atoms with Gasteiger partial charge in [0.1, 0.15) is 42.5 Å². The molecular formula is C36H66N12O10S2. The summed E-state index contributed by atoms with van der Waals surface area (Å²) in [5.41, 5.74) is 21.7. The van der Waals surface area contributed by atoms with Crippen molar-refractivity contribution in [1.82, 2.24) is 37.2 Å². The van der Waals surface area contributed by atoms with Crippen molar-refractivity contribution in [2.75, 3.05) is 37.1 Å². The molecule has 0 rings (SSSR count). The number of nitrogens with zero attached hydrogens (tertiary/aromatic N) is 1. The zero-order chi connectivity index (χ0) is 45.9. The van der Waals surface area contributed by atoms with Gasteiger partial charge in [-0.2, -0.15) is 23.5 Å². The van der Waals surface area contributed by atoms with Gasteiger partial charge in [-0.15, -0.1) is 0 Å². The molecule has 0 spiro atoms. The predicted molar refractivity (Wildman–Crippen MR) is 230 cm³/mol. The van der Waals surface area contributed by atoms with Gasteiger partial charge in [-0.3, -0.25) is 43.3 Å². The number of hydrogen-bond acceptors (Lipinski definition) is 14. The van der Waals surface area contributed by atoms with Crippen LogP contribution in [0.3, 0.4) is 0 Å². The zero-order valence-corrected chi connectivity index (χ0v) is 36.9. The summed E-state index contributed by atoms with van der Waals surface area (Å²) in [4.78, 5) is 120. The second-order valence-corrected chi connectivity index (χ2v) is 16.0. The highest BCUT2D eigenvalue weighted by molar-refractivity contribution is 7.98. The monoisotopic (exact) mass is 890 g/mol. The lowest BCUT2D eigenvalue weighted by Crippen LogP contribution is -2.62. The van der Waals surface area contributed by atoms with E-state index in [0.717, 1.165) is 0 Å². The lowest BCUT2D eigenvalue weighted by molar-refractivity contribution is -0.137. The molecule has 16 N–H and O–H groups in total. The first-order valence-corrected chi connectivity index (χ1v) is 22.3. The summed E-state index contributed by atoms with van der Waals surface area (Å²) in [5, 5.41) is 28.0. The van der Waals surface area contributed by atoms with E-state index in [-0.39, 0.29) is 57.6 Å². The molecule has 24 heteroatoms. The van der Waals surface area contributed by atoms with Crippen molar-refractivity contribution >= 4 is 83.0 Å². The molecule has 0 aromatic heterocycles. The maximum Gasteiger partial charge on any atom is 0.245 e. The van der Waals surface area contributed by atoms with E-state index in [9.17, 15) is 48.3 Å². The number of thioether (sulfide) groups is 2. The van der Waals surface area contributed by atoms with Crippen LogP contribution in [0.15, 0.2) is 4.99 Å². The highest BCUT2D eigenvalue weighted by atomic mass is 32.2. The van der Waals surface area contributed by atoms with Gasteiger partial charge in [0.05, 0.1) is 18.7 Å². The van der Waals surface area contributed by atoms with Gasteiger partial charge >= 0.3 is 0 Å². The molecule has 0 radical (unpaired) electrons. The van der Waals surface area contributed by atoms with Gasteiger partial charge in [-0.1, -0.05) is 20.3 Å². The van der Waals surface area contributed by atoms with Crippen LogP contribution in [-0.2, 0) is 43.2 Å². The summed E-state index contributed by atoms with van der Waals surface area (Å²) >= 11 is 2.76. The molecule has 60 heavy (non-hydrogen) atoms. The van der Waals surface area contributed by atoms with Crippen molar-refractivity contribution < 1.29 is 48.3 Å². The molecule has 0 bridgehead atoms. The Morgan fingerprint density at radius 3 is 1.52 bits per heavy atom. The van der Waals surface area contributed by atoms with Crippen LogP contribution in [0, 0.1) is 5.92 Å². The fourth-order valence-electron chi connectivity index (χ4n) is 5.32. The number of rotatable bonds is 31. The standard InChI is InChI=1S/C36H66N12O10S2/c1-7-19(2)27(47-35(58)28(21(4)50)48-29(52)20(3)37)34(57)46-25(13-18-60-6)33(56)45-24(12-17-59-5)32(55)44-23(10-11-26(38)51)31(54)43-22(30(53)41-15-16-49)9-8-14-42-36(39)40/h16,19-25,27-28,50H,7-15,17-18,37H2,1-6H3,(H2,38,51)(H,41,53)(H,43,54)(H,44,55)(H,45,56)(H,46,57)(H,47,58)(H,48,52)(H4,39,40,42)/t19-,20-,21+,22-,23-,24-,25-,27-,28-/m0/s1. The van der Waals surface area contributed by atoms with E-state index in [4.69, 9.17) is 22.9 Å². The minimum absolute atomic E-state index is 0.0338. The Bertz CT molecular complexity index is 1470. The van der Waals surface area contributed by atoms with Gasteiger partial charge in [0.25, 0.3) is 0 Å². The number of aliphatic imine (C=N–C) groups is 1. The first-order valence-electron chi connectivity index (χ1n) is 19.5. The normalized spacial score (nSPS) is 15.4. The third kappa shape index (κ3) is 22.1. The minimum atomic E-state index is -1.44. The fourth-order valence-corrected chi connectivity index (χ4v) is 6.26. The van der Waals surface area contributed by atoms with Crippen LogP contribution >= 0.6 is 23.5 Å². The van der Waals surface area contributed by atoms with E-state index in [1.54, 1.807) is 26.4 Å². The molecule has 0 aliphatic heterocycles. The lowest BCUT2D eigenvalue weighted by atomic mass is 9.97. The van der Waals surface area contributed by atoms with Crippen LogP contribution in [0.1, 0.15) is 72.6 Å². The lowest BCUT2D eigenvalue weighted by Gasteiger charge is -2.30. The minimum Gasteiger partial charge on any atom is -0.391 e. The summed E-state index contributed by atoms with van der Waals surface area (Å²) in [7, 11) is 0. The average molecular weight is 891 g/mol. The van der Waals surface area contributed by atoms with Crippen LogP contribution < -0.4 is 60.2 Å². The molecule has 0 aliphatic carbocycles. The maximum absolute atomic E-state index is 13.9. The molecule has 8 amide bonds. The van der Waals surface area contributed by atoms with E-state index in [0.29, 0.717) is 24.2 Å². The van der Waals surface area contributed by atoms with E-state index in [1.165, 1.54) is 37.4 Å². The molecule has 0 unspecified atom stereocenters. The smallest absolute Gasteiger partial charge is 0.245 e. The molecule has 0 aromatic rings. The van der Waals surface area contributed by atoms with Crippen molar-refractivity contribution in [3.63, 3.8) is 0 Å². The first kappa shape index (κ1) is 55.3. The van der Waals surface area contributed by atoms with Crippen molar-refractivity contribution in [3.8, 4) is 0 Å². The number of aliphatic hydroxyl groups excluding tert-OH is 1. The number of guanidine groups is 1. The van der Waals surface area contributed by atoms with E-state index in [1.807, 2.05) is 0 Å². The Balaban J connectivity index is 6.43. The van der Waals surface area contributed by atoms with Crippen LogP contribution in [-0.4, -0.2) is 150 Å². The van der Waals surface area contributed by atoms with Gasteiger partial charge in [-0.25, -0.2) is 0 Å². The number of aldehydes is 1. The summed E-state index contributed by atoms with van der Waals surface area (Å²) in [6, 6.07) is -8.69. The SMILES string of the molecule is CC[C@H](C)[C@H](NC(=O)[C@@H](NC(=O)[C@H](C)N)[C@@H](C)O)C(=O)N[C@@H](CCSC)C(=O)N[C@@H](CCSC)C(=O)N[C@@H](CCC(N)=O)C(=O)N[C@@H](CCCN=C(N)N)C(=O)NCC=O. The Labute approximate surface area is 359 Å². The third-order valence-electron chi connectivity index (χ3n) is 9.01. The number of carbonyl (C=O) groups excluding carboxylic acids is 9. The summed E-state index contributed by atoms with van der Waals surface area (Å²) in [5.74, 6) is -6.06. The van der Waals surface area contributed by atoms with E-state index < -0.39 is 102 Å². The molecule has 22 nitrogen and oxygen atoms in total. The molecule has 0 saturated carbocycles. The van der Waals surface area contributed by atoms with Gasteiger partial charge in [0.15, 0.2) is 5.96 Å². The fraction of sp³-hybridized carbons (Fsp3) is 0.722. The quantitative estimate of drug-likeness (QED) is 0.0136. The number of amides is 8. The number of nitrogens with two attached hydrogens (primary N) is 4. The van der Waals surface area contributed by atoms with E-state index >= 15 is 0 Å². The number of primary amides is 1. The van der Waals surface area contributed by atoms with Gasteiger partial charge in [0, 0.05) is 13.0 Å². The highest BCUT2D eigenvalue weighted by Crippen LogP contribution is 2.12. The number of nitrogens with one attached hydrogen (secondary N) is 7. The zero-order valence-electron chi connectivity index (χ0n) is 35.2. The second-order valence-electron chi connectivity index (χ2n) is 14.1. The molecule has 0 fully saturated rings.